The summed E-state index contributed by atoms with van der Waals surface area (Å²) >= 11 is 12.0. The molecule has 2 atom stereocenters. The van der Waals surface area contributed by atoms with E-state index in [4.69, 9.17) is 28.6 Å². The Bertz CT molecular complexity index is 1410. The summed E-state index contributed by atoms with van der Waals surface area (Å²) in [5.74, 6) is -0.448. The largest absolute Gasteiger partial charge is 0.378 e. The topological polar surface area (TPSA) is 45.6 Å². The summed E-state index contributed by atoms with van der Waals surface area (Å²) in [7, 11) is 0. The van der Waals surface area contributed by atoms with E-state index >= 15 is 0 Å². The quantitative estimate of drug-likeness (QED) is 0.333. The van der Waals surface area contributed by atoms with Crippen molar-refractivity contribution in [2.75, 3.05) is 36.1 Å². The molecule has 0 aliphatic carbocycles. The minimum atomic E-state index is -0.448. The summed E-state index contributed by atoms with van der Waals surface area (Å²) in [4.78, 5) is 9.10. The SMILES string of the molecule is Fc1ccc(-n2cccc2[C@H]2[C@@H](c3ccccn3)NC(=S)N2c2ccc(N3CCOCC3)cc2)cc1Cl. The summed E-state index contributed by atoms with van der Waals surface area (Å²) in [5.41, 5.74) is 4.76. The van der Waals surface area contributed by atoms with Crippen LogP contribution in [0.15, 0.2) is 85.2 Å². The van der Waals surface area contributed by atoms with Crippen molar-refractivity contribution in [3.8, 4) is 5.69 Å². The van der Waals surface area contributed by atoms with Crippen molar-refractivity contribution in [1.29, 1.82) is 0 Å². The molecule has 188 valence electrons. The average Bonchev–Trinajstić information content (AvgIpc) is 3.56. The van der Waals surface area contributed by atoms with Gasteiger partial charge in [-0.05, 0) is 78.9 Å². The van der Waals surface area contributed by atoms with E-state index < -0.39 is 5.82 Å². The van der Waals surface area contributed by atoms with Crippen LogP contribution < -0.4 is 15.1 Å². The first kappa shape index (κ1) is 23.9. The van der Waals surface area contributed by atoms with Gasteiger partial charge in [0.2, 0.25) is 0 Å². The number of hydrogen-bond acceptors (Lipinski definition) is 4. The van der Waals surface area contributed by atoms with E-state index in [1.807, 2.05) is 35.0 Å². The number of anilines is 2. The number of halogens is 2. The standard InChI is InChI=1S/C28H25ClFN5OS/c29-22-18-21(10-11-23(22)30)34-13-3-5-25(34)27-26(24-4-1-2-12-31-24)32-28(37)35(27)20-8-6-19(7-9-20)33-14-16-36-17-15-33/h1-13,18,26-27H,14-17H2,(H,32,37)/t26-,27+/m1/s1. The highest BCUT2D eigenvalue weighted by molar-refractivity contribution is 7.80. The van der Waals surface area contributed by atoms with Crippen LogP contribution in [0, 0.1) is 5.82 Å². The summed E-state index contributed by atoms with van der Waals surface area (Å²) in [6.07, 6.45) is 3.74. The van der Waals surface area contributed by atoms with Gasteiger partial charge in [-0.3, -0.25) is 4.98 Å². The predicted octanol–water partition coefficient (Wildman–Crippen LogP) is 5.68. The third-order valence-corrected chi connectivity index (χ3v) is 7.47. The number of ether oxygens (including phenoxy) is 1. The summed E-state index contributed by atoms with van der Waals surface area (Å²) in [6.45, 7) is 3.22. The third kappa shape index (κ3) is 4.56. The van der Waals surface area contributed by atoms with Gasteiger partial charge in [0.15, 0.2) is 5.11 Å². The van der Waals surface area contributed by atoms with E-state index in [9.17, 15) is 4.39 Å². The van der Waals surface area contributed by atoms with Crippen molar-refractivity contribution in [3.63, 3.8) is 0 Å². The molecule has 2 saturated heterocycles. The number of hydrogen-bond donors (Lipinski definition) is 1. The van der Waals surface area contributed by atoms with E-state index in [2.05, 4.69) is 50.4 Å². The molecule has 0 saturated carbocycles. The van der Waals surface area contributed by atoms with Crippen LogP contribution in [-0.2, 0) is 4.74 Å². The van der Waals surface area contributed by atoms with Crippen molar-refractivity contribution in [1.82, 2.24) is 14.9 Å². The van der Waals surface area contributed by atoms with Crippen LogP contribution in [0.3, 0.4) is 0 Å². The number of morpholine rings is 1. The lowest BCUT2D eigenvalue weighted by Gasteiger charge is -2.31. The maximum Gasteiger partial charge on any atom is 0.174 e. The highest BCUT2D eigenvalue weighted by atomic mass is 35.5. The van der Waals surface area contributed by atoms with Gasteiger partial charge in [0.05, 0.1) is 30.0 Å². The Hall–Kier alpha value is -3.46. The second-order valence-electron chi connectivity index (χ2n) is 9.01. The number of benzene rings is 2. The monoisotopic (exact) mass is 533 g/mol. The first-order valence-electron chi connectivity index (χ1n) is 12.2. The Kier molecular flexibility index (Phi) is 6.54. The van der Waals surface area contributed by atoms with Gasteiger partial charge in [-0.2, -0.15) is 0 Å². The molecule has 0 unspecified atom stereocenters. The second-order valence-corrected chi connectivity index (χ2v) is 9.81. The van der Waals surface area contributed by atoms with Crippen LogP contribution in [0.5, 0.6) is 0 Å². The van der Waals surface area contributed by atoms with Crippen LogP contribution in [0.25, 0.3) is 5.69 Å². The molecule has 0 amide bonds. The number of aromatic nitrogens is 2. The fraction of sp³-hybridized carbons (Fsp3) is 0.214. The lowest BCUT2D eigenvalue weighted by atomic mass is 10.0. The van der Waals surface area contributed by atoms with Crippen LogP contribution in [0.1, 0.15) is 23.5 Å². The Morgan fingerprint density at radius 3 is 2.43 bits per heavy atom. The molecule has 9 heteroatoms. The predicted molar refractivity (Wildman–Crippen MR) is 148 cm³/mol. The molecular weight excluding hydrogens is 509 g/mol. The van der Waals surface area contributed by atoms with E-state index in [0.29, 0.717) is 5.11 Å². The smallest absolute Gasteiger partial charge is 0.174 e. The molecule has 2 aromatic carbocycles. The van der Waals surface area contributed by atoms with Crippen LogP contribution in [0.2, 0.25) is 5.02 Å². The Balaban J connectivity index is 1.42. The van der Waals surface area contributed by atoms with Gasteiger partial charge in [-0.1, -0.05) is 17.7 Å². The maximum absolute atomic E-state index is 13.9. The third-order valence-electron chi connectivity index (χ3n) is 6.87. The number of rotatable bonds is 5. The van der Waals surface area contributed by atoms with Crippen molar-refractivity contribution in [2.45, 2.75) is 12.1 Å². The van der Waals surface area contributed by atoms with Gasteiger partial charge < -0.3 is 24.4 Å². The van der Waals surface area contributed by atoms with Gasteiger partial charge in [-0.15, -0.1) is 0 Å². The number of nitrogens with zero attached hydrogens (tertiary/aromatic N) is 4. The molecule has 0 spiro atoms. The molecule has 37 heavy (non-hydrogen) atoms. The molecule has 2 aliphatic rings. The van der Waals surface area contributed by atoms with E-state index in [-0.39, 0.29) is 17.1 Å². The fourth-order valence-corrected chi connectivity index (χ4v) is 5.60. The summed E-state index contributed by atoms with van der Waals surface area (Å²) in [6, 6.07) is 22.7. The van der Waals surface area contributed by atoms with E-state index in [1.165, 1.54) is 6.07 Å². The van der Waals surface area contributed by atoms with Gasteiger partial charge >= 0.3 is 0 Å². The molecule has 1 N–H and O–H groups in total. The zero-order valence-electron chi connectivity index (χ0n) is 19.9. The number of pyridine rings is 1. The Morgan fingerprint density at radius 2 is 1.70 bits per heavy atom. The molecule has 2 aromatic heterocycles. The van der Waals surface area contributed by atoms with Crippen molar-refractivity contribution in [3.05, 3.63) is 107 Å². The minimum Gasteiger partial charge on any atom is -0.378 e. The number of thiocarbonyl (C=S) groups is 1. The molecule has 0 radical (unpaired) electrons. The molecule has 6 nitrogen and oxygen atoms in total. The van der Waals surface area contributed by atoms with Gasteiger partial charge in [-0.25, -0.2) is 4.39 Å². The molecule has 4 heterocycles. The average molecular weight is 534 g/mol. The molecule has 0 bridgehead atoms. The van der Waals surface area contributed by atoms with Crippen LogP contribution in [-0.4, -0.2) is 41.0 Å². The maximum atomic E-state index is 13.9. The molecule has 6 rings (SSSR count). The van der Waals surface area contributed by atoms with Crippen molar-refractivity contribution in [2.24, 2.45) is 0 Å². The van der Waals surface area contributed by atoms with Gasteiger partial charge in [0, 0.05) is 48.2 Å². The molecule has 4 aromatic rings. The first-order valence-corrected chi connectivity index (χ1v) is 12.9. The lowest BCUT2D eigenvalue weighted by Crippen LogP contribution is -2.36. The Morgan fingerprint density at radius 1 is 0.946 bits per heavy atom. The second kappa shape index (κ2) is 10.1. The van der Waals surface area contributed by atoms with Crippen LogP contribution in [0.4, 0.5) is 15.8 Å². The van der Waals surface area contributed by atoms with Gasteiger partial charge in [0.25, 0.3) is 0 Å². The van der Waals surface area contributed by atoms with Crippen LogP contribution >= 0.6 is 23.8 Å². The normalized spacial score (nSPS) is 19.8. The zero-order chi connectivity index (χ0) is 25.4. The zero-order valence-corrected chi connectivity index (χ0v) is 21.5. The van der Waals surface area contributed by atoms with Gasteiger partial charge in [0.1, 0.15) is 11.9 Å². The summed E-state index contributed by atoms with van der Waals surface area (Å²) < 4.78 is 21.5. The van der Waals surface area contributed by atoms with Crippen molar-refractivity contribution < 1.29 is 9.13 Å². The lowest BCUT2D eigenvalue weighted by molar-refractivity contribution is 0.122. The molecule has 2 aliphatic heterocycles. The first-order chi connectivity index (χ1) is 18.1. The highest BCUT2D eigenvalue weighted by Gasteiger charge is 2.42. The fourth-order valence-electron chi connectivity index (χ4n) is 5.08. The van der Waals surface area contributed by atoms with E-state index in [1.54, 1.807) is 18.3 Å². The minimum absolute atomic E-state index is 0.0778. The van der Waals surface area contributed by atoms with Crippen molar-refractivity contribution >= 4 is 40.3 Å². The van der Waals surface area contributed by atoms with E-state index in [0.717, 1.165) is 54.8 Å². The Labute approximate surface area is 225 Å². The highest BCUT2D eigenvalue weighted by Crippen LogP contribution is 2.42. The molecule has 2 fully saturated rings. The molecular formula is C28H25ClFN5OS. The summed E-state index contributed by atoms with van der Waals surface area (Å²) in [5, 5.41) is 4.20. The number of nitrogens with one attached hydrogen (secondary N) is 1.